The van der Waals surface area contributed by atoms with Crippen molar-refractivity contribution in [3.8, 4) is 5.75 Å². The van der Waals surface area contributed by atoms with Crippen LogP contribution in [0.2, 0.25) is 0 Å². The summed E-state index contributed by atoms with van der Waals surface area (Å²) in [5.41, 5.74) is 2.88. The number of rotatable bonds is 2. The van der Waals surface area contributed by atoms with E-state index in [1.54, 1.807) is 11.8 Å². The minimum absolute atomic E-state index is 0.863. The fourth-order valence-corrected chi connectivity index (χ4v) is 1.80. The van der Waals surface area contributed by atoms with Gasteiger partial charge in [0.25, 0.3) is 0 Å². The third kappa shape index (κ3) is 2.81. The van der Waals surface area contributed by atoms with Crippen LogP contribution in [0.4, 0.5) is 0 Å². The van der Waals surface area contributed by atoms with Crippen LogP contribution in [0.3, 0.4) is 0 Å². The fourth-order valence-electron chi connectivity index (χ4n) is 1.80. The van der Waals surface area contributed by atoms with Crippen molar-refractivity contribution in [2.45, 2.75) is 40.5 Å². The predicted octanol–water partition coefficient (Wildman–Crippen LogP) is 3.26. The van der Waals surface area contributed by atoms with Gasteiger partial charge in [0.05, 0.1) is 18.2 Å². The Kier molecular flexibility index (Phi) is 5.13. The first-order chi connectivity index (χ1) is 8.58. The van der Waals surface area contributed by atoms with Gasteiger partial charge in [0.1, 0.15) is 5.75 Å². The molecule has 18 heavy (non-hydrogen) atoms. The van der Waals surface area contributed by atoms with E-state index in [0.29, 0.717) is 0 Å². The molecule has 0 aromatic carbocycles. The molecule has 0 atom stereocenters. The van der Waals surface area contributed by atoms with Crippen LogP contribution in [0, 0.1) is 6.92 Å². The zero-order valence-corrected chi connectivity index (χ0v) is 12.2. The molecule has 0 amide bonds. The SMILES string of the molecule is CCC.CCc1cc(OC)c2c(C)nn(C)c2n1. The average Bonchev–Trinajstić information content (AvgIpc) is 2.65. The highest BCUT2D eigenvalue weighted by atomic mass is 16.5. The molecule has 0 fully saturated rings. The van der Waals surface area contributed by atoms with Gasteiger partial charge in [-0.3, -0.25) is 4.68 Å². The van der Waals surface area contributed by atoms with Crippen LogP contribution in [0.5, 0.6) is 5.75 Å². The topological polar surface area (TPSA) is 39.9 Å². The summed E-state index contributed by atoms with van der Waals surface area (Å²) in [6.45, 7) is 8.30. The monoisotopic (exact) mass is 249 g/mol. The zero-order chi connectivity index (χ0) is 13.7. The van der Waals surface area contributed by atoms with Gasteiger partial charge in [-0.05, 0) is 13.3 Å². The molecule has 0 spiro atoms. The van der Waals surface area contributed by atoms with Crippen molar-refractivity contribution in [1.29, 1.82) is 0 Å². The van der Waals surface area contributed by atoms with Crippen molar-refractivity contribution >= 4 is 11.0 Å². The van der Waals surface area contributed by atoms with E-state index in [1.807, 2.05) is 20.0 Å². The highest BCUT2D eigenvalue weighted by molar-refractivity contribution is 5.85. The molecular formula is C14H23N3O. The predicted molar refractivity (Wildman–Crippen MR) is 75.1 cm³/mol. The Balaban J connectivity index is 0.000000492. The van der Waals surface area contributed by atoms with E-state index in [0.717, 1.165) is 34.6 Å². The first-order valence-electron chi connectivity index (χ1n) is 6.46. The van der Waals surface area contributed by atoms with Crippen molar-refractivity contribution in [2.75, 3.05) is 7.11 Å². The molecular weight excluding hydrogens is 226 g/mol. The second-order valence-corrected chi connectivity index (χ2v) is 4.28. The van der Waals surface area contributed by atoms with Crippen molar-refractivity contribution in [1.82, 2.24) is 14.8 Å². The van der Waals surface area contributed by atoms with E-state index in [1.165, 1.54) is 6.42 Å². The van der Waals surface area contributed by atoms with Crippen molar-refractivity contribution in [3.05, 3.63) is 17.5 Å². The molecule has 0 radical (unpaired) electrons. The number of pyridine rings is 1. The van der Waals surface area contributed by atoms with E-state index < -0.39 is 0 Å². The highest BCUT2D eigenvalue weighted by Gasteiger charge is 2.12. The maximum atomic E-state index is 5.37. The fraction of sp³-hybridized carbons (Fsp3) is 0.571. The Morgan fingerprint density at radius 2 is 1.89 bits per heavy atom. The van der Waals surface area contributed by atoms with E-state index >= 15 is 0 Å². The zero-order valence-electron chi connectivity index (χ0n) is 12.2. The van der Waals surface area contributed by atoms with Gasteiger partial charge in [0.2, 0.25) is 0 Å². The van der Waals surface area contributed by atoms with E-state index in [2.05, 4.69) is 30.9 Å². The number of aryl methyl sites for hydroxylation is 3. The van der Waals surface area contributed by atoms with Crippen LogP contribution in [-0.2, 0) is 13.5 Å². The number of fused-ring (bicyclic) bond motifs is 1. The first kappa shape index (κ1) is 14.5. The second kappa shape index (κ2) is 6.38. The number of ether oxygens (including phenoxy) is 1. The summed E-state index contributed by atoms with van der Waals surface area (Å²) in [7, 11) is 3.59. The number of methoxy groups -OCH3 is 1. The van der Waals surface area contributed by atoms with Gasteiger partial charge < -0.3 is 4.74 Å². The quantitative estimate of drug-likeness (QED) is 0.820. The van der Waals surface area contributed by atoms with Gasteiger partial charge in [0.15, 0.2) is 5.65 Å². The van der Waals surface area contributed by atoms with Crippen molar-refractivity contribution in [3.63, 3.8) is 0 Å². The Morgan fingerprint density at radius 3 is 2.39 bits per heavy atom. The molecule has 0 aliphatic heterocycles. The molecule has 2 aromatic rings. The lowest BCUT2D eigenvalue weighted by Crippen LogP contribution is -1.96. The number of hydrogen-bond acceptors (Lipinski definition) is 3. The summed E-state index contributed by atoms with van der Waals surface area (Å²) in [6, 6.07) is 1.98. The van der Waals surface area contributed by atoms with Crippen molar-refractivity contribution < 1.29 is 4.74 Å². The second-order valence-electron chi connectivity index (χ2n) is 4.28. The highest BCUT2D eigenvalue weighted by Crippen LogP contribution is 2.27. The molecule has 0 saturated carbocycles. The maximum absolute atomic E-state index is 5.37. The standard InChI is InChI=1S/C11H15N3O.C3H8/c1-5-8-6-9(15-4)10-7(2)13-14(3)11(10)12-8;1-3-2/h6H,5H2,1-4H3;3H2,1-2H3. The lowest BCUT2D eigenvalue weighted by atomic mass is 10.2. The molecule has 4 heteroatoms. The van der Waals surface area contributed by atoms with Crippen LogP contribution >= 0.6 is 0 Å². The van der Waals surface area contributed by atoms with E-state index in [9.17, 15) is 0 Å². The normalized spacial score (nSPS) is 10.1. The van der Waals surface area contributed by atoms with Crippen molar-refractivity contribution in [2.24, 2.45) is 7.05 Å². The Morgan fingerprint density at radius 1 is 1.28 bits per heavy atom. The summed E-state index contributed by atoms with van der Waals surface area (Å²) < 4.78 is 7.17. The van der Waals surface area contributed by atoms with Gasteiger partial charge in [-0.1, -0.05) is 27.2 Å². The molecule has 2 aromatic heterocycles. The van der Waals surface area contributed by atoms with Crippen LogP contribution in [0.25, 0.3) is 11.0 Å². The number of aromatic nitrogens is 3. The van der Waals surface area contributed by atoms with E-state index in [-0.39, 0.29) is 0 Å². The smallest absolute Gasteiger partial charge is 0.161 e. The third-order valence-electron chi connectivity index (χ3n) is 2.57. The Hall–Kier alpha value is -1.58. The molecule has 0 aliphatic carbocycles. The third-order valence-corrected chi connectivity index (χ3v) is 2.57. The van der Waals surface area contributed by atoms with Gasteiger partial charge in [-0.25, -0.2) is 4.98 Å². The molecule has 2 heterocycles. The lowest BCUT2D eigenvalue weighted by molar-refractivity contribution is 0.418. The summed E-state index contributed by atoms with van der Waals surface area (Å²) in [5.74, 6) is 0.863. The van der Waals surface area contributed by atoms with E-state index in [4.69, 9.17) is 4.74 Å². The van der Waals surface area contributed by atoms with Crippen LogP contribution in [0.1, 0.15) is 38.6 Å². The number of nitrogens with zero attached hydrogens (tertiary/aromatic N) is 3. The summed E-state index contributed by atoms with van der Waals surface area (Å²) in [5, 5.41) is 5.36. The van der Waals surface area contributed by atoms with Gasteiger partial charge in [-0.15, -0.1) is 0 Å². The largest absolute Gasteiger partial charge is 0.496 e. The Labute approximate surface area is 109 Å². The summed E-state index contributed by atoms with van der Waals surface area (Å²) >= 11 is 0. The molecule has 0 saturated heterocycles. The molecule has 0 bridgehead atoms. The Bertz CT molecular complexity index is 517. The lowest BCUT2D eigenvalue weighted by Gasteiger charge is -2.04. The van der Waals surface area contributed by atoms with Gasteiger partial charge in [0, 0.05) is 18.8 Å². The van der Waals surface area contributed by atoms with Gasteiger partial charge >= 0.3 is 0 Å². The van der Waals surface area contributed by atoms with Crippen LogP contribution in [0.15, 0.2) is 6.07 Å². The summed E-state index contributed by atoms with van der Waals surface area (Å²) in [6.07, 6.45) is 2.15. The molecule has 100 valence electrons. The first-order valence-corrected chi connectivity index (χ1v) is 6.46. The summed E-state index contributed by atoms with van der Waals surface area (Å²) in [4.78, 5) is 4.54. The van der Waals surface area contributed by atoms with Crippen LogP contribution in [-0.4, -0.2) is 21.9 Å². The molecule has 4 nitrogen and oxygen atoms in total. The average molecular weight is 249 g/mol. The molecule has 0 unspecified atom stereocenters. The van der Waals surface area contributed by atoms with Gasteiger partial charge in [-0.2, -0.15) is 5.10 Å². The molecule has 2 rings (SSSR count). The number of hydrogen-bond donors (Lipinski definition) is 0. The molecule has 0 aliphatic rings. The maximum Gasteiger partial charge on any atom is 0.161 e. The van der Waals surface area contributed by atoms with Crippen LogP contribution < -0.4 is 4.74 Å². The molecule has 0 N–H and O–H groups in total. The minimum Gasteiger partial charge on any atom is -0.496 e. The minimum atomic E-state index is 0.863.